The summed E-state index contributed by atoms with van der Waals surface area (Å²) in [5.41, 5.74) is 3.61. The Morgan fingerprint density at radius 1 is 1.20 bits per heavy atom. The molecule has 15 heavy (non-hydrogen) atoms. The van der Waals surface area contributed by atoms with Crippen molar-refractivity contribution in [3.05, 3.63) is 59.9 Å². The van der Waals surface area contributed by atoms with Gasteiger partial charge in [0.15, 0.2) is 0 Å². The molecule has 1 aromatic carbocycles. The maximum atomic E-state index is 4.07. The Morgan fingerprint density at radius 2 is 2.13 bits per heavy atom. The lowest BCUT2D eigenvalue weighted by molar-refractivity contribution is 1.11. The van der Waals surface area contributed by atoms with E-state index in [1.54, 1.807) is 6.20 Å². The molecular formula is C13H14N2. The van der Waals surface area contributed by atoms with Gasteiger partial charge in [0, 0.05) is 24.6 Å². The van der Waals surface area contributed by atoms with Crippen LogP contribution in [0, 0.1) is 6.92 Å². The number of benzene rings is 1. The Balaban J connectivity index is 1.99. The highest BCUT2D eigenvalue weighted by Crippen LogP contribution is 2.10. The van der Waals surface area contributed by atoms with Crippen LogP contribution in [-0.2, 0) is 6.54 Å². The lowest BCUT2D eigenvalue weighted by Crippen LogP contribution is -1.99. The van der Waals surface area contributed by atoms with Crippen molar-refractivity contribution in [2.75, 3.05) is 5.32 Å². The summed E-state index contributed by atoms with van der Waals surface area (Å²) in [4.78, 5) is 4.07. The van der Waals surface area contributed by atoms with Gasteiger partial charge in [-0.05, 0) is 36.2 Å². The molecule has 0 saturated heterocycles. The smallest absolute Gasteiger partial charge is 0.0416 e. The van der Waals surface area contributed by atoms with Gasteiger partial charge in [-0.3, -0.25) is 4.98 Å². The van der Waals surface area contributed by atoms with Crippen LogP contribution in [0.2, 0.25) is 0 Å². The van der Waals surface area contributed by atoms with Gasteiger partial charge < -0.3 is 5.32 Å². The SMILES string of the molecule is Cc1cccc(NCc2cccnc2)c1. The van der Waals surface area contributed by atoms with E-state index in [4.69, 9.17) is 0 Å². The van der Waals surface area contributed by atoms with E-state index in [-0.39, 0.29) is 0 Å². The van der Waals surface area contributed by atoms with Gasteiger partial charge in [0.25, 0.3) is 0 Å². The molecular weight excluding hydrogens is 184 g/mol. The van der Waals surface area contributed by atoms with E-state index in [1.807, 2.05) is 12.3 Å². The van der Waals surface area contributed by atoms with Crippen LogP contribution in [-0.4, -0.2) is 4.98 Å². The second-order valence-electron chi connectivity index (χ2n) is 3.58. The Labute approximate surface area is 90.0 Å². The van der Waals surface area contributed by atoms with Crippen molar-refractivity contribution in [1.29, 1.82) is 0 Å². The molecule has 2 heteroatoms. The zero-order valence-corrected chi connectivity index (χ0v) is 8.77. The predicted octanol–water partition coefficient (Wildman–Crippen LogP) is 3.00. The molecule has 0 fully saturated rings. The van der Waals surface area contributed by atoms with Gasteiger partial charge in [0.1, 0.15) is 0 Å². The molecule has 0 atom stereocenters. The molecule has 0 unspecified atom stereocenters. The topological polar surface area (TPSA) is 24.9 Å². The summed E-state index contributed by atoms with van der Waals surface area (Å²) in [5.74, 6) is 0. The standard InChI is InChI=1S/C13H14N2/c1-11-4-2-6-13(8-11)15-10-12-5-3-7-14-9-12/h2-9,15H,10H2,1H3. The average molecular weight is 198 g/mol. The van der Waals surface area contributed by atoms with Gasteiger partial charge in [0.05, 0.1) is 0 Å². The number of pyridine rings is 1. The van der Waals surface area contributed by atoms with Gasteiger partial charge in [-0.25, -0.2) is 0 Å². The minimum absolute atomic E-state index is 0.817. The van der Waals surface area contributed by atoms with Gasteiger partial charge in [-0.15, -0.1) is 0 Å². The molecule has 1 aromatic heterocycles. The summed E-state index contributed by atoms with van der Waals surface area (Å²) in [6.07, 6.45) is 3.67. The molecule has 2 rings (SSSR count). The number of rotatable bonds is 3. The van der Waals surface area contributed by atoms with E-state index >= 15 is 0 Å². The zero-order valence-electron chi connectivity index (χ0n) is 8.77. The number of aromatic nitrogens is 1. The molecule has 76 valence electrons. The molecule has 0 aliphatic rings. The number of anilines is 1. The van der Waals surface area contributed by atoms with E-state index in [9.17, 15) is 0 Å². The Hall–Kier alpha value is -1.83. The third-order valence-electron chi connectivity index (χ3n) is 2.24. The fraction of sp³-hybridized carbons (Fsp3) is 0.154. The number of hydrogen-bond donors (Lipinski definition) is 1. The first kappa shape index (κ1) is 9.71. The van der Waals surface area contributed by atoms with E-state index < -0.39 is 0 Å². The molecule has 0 amide bonds. The van der Waals surface area contributed by atoms with E-state index in [1.165, 1.54) is 11.1 Å². The van der Waals surface area contributed by atoms with E-state index in [0.717, 1.165) is 12.2 Å². The van der Waals surface area contributed by atoms with Gasteiger partial charge in [-0.2, -0.15) is 0 Å². The highest BCUT2D eigenvalue weighted by atomic mass is 14.9. The monoisotopic (exact) mass is 198 g/mol. The second kappa shape index (κ2) is 4.60. The molecule has 0 spiro atoms. The molecule has 0 radical (unpaired) electrons. The number of nitrogens with zero attached hydrogens (tertiary/aromatic N) is 1. The quantitative estimate of drug-likeness (QED) is 0.820. The highest BCUT2D eigenvalue weighted by molar-refractivity contribution is 5.45. The Bertz CT molecular complexity index is 424. The second-order valence-corrected chi connectivity index (χ2v) is 3.58. The van der Waals surface area contributed by atoms with Crippen LogP contribution in [0.5, 0.6) is 0 Å². The normalized spacial score (nSPS) is 9.93. The van der Waals surface area contributed by atoms with Crippen molar-refractivity contribution in [2.24, 2.45) is 0 Å². The Morgan fingerprint density at radius 3 is 2.87 bits per heavy atom. The maximum Gasteiger partial charge on any atom is 0.0416 e. The molecule has 2 nitrogen and oxygen atoms in total. The van der Waals surface area contributed by atoms with Crippen molar-refractivity contribution < 1.29 is 0 Å². The van der Waals surface area contributed by atoms with Crippen molar-refractivity contribution in [3.8, 4) is 0 Å². The van der Waals surface area contributed by atoms with Crippen molar-refractivity contribution >= 4 is 5.69 Å². The first-order valence-corrected chi connectivity index (χ1v) is 5.04. The first-order chi connectivity index (χ1) is 7.34. The van der Waals surface area contributed by atoms with Crippen molar-refractivity contribution in [3.63, 3.8) is 0 Å². The molecule has 1 N–H and O–H groups in total. The average Bonchev–Trinajstić information content (AvgIpc) is 2.28. The highest BCUT2D eigenvalue weighted by Gasteiger charge is 1.93. The van der Waals surface area contributed by atoms with Gasteiger partial charge >= 0.3 is 0 Å². The van der Waals surface area contributed by atoms with Crippen molar-refractivity contribution in [1.82, 2.24) is 4.98 Å². The van der Waals surface area contributed by atoms with E-state index in [0.29, 0.717) is 0 Å². The number of aryl methyl sites for hydroxylation is 1. The summed E-state index contributed by atoms with van der Waals surface area (Å²) >= 11 is 0. The van der Waals surface area contributed by atoms with Crippen LogP contribution >= 0.6 is 0 Å². The fourth-order valence-corrected chi connectivity index (χ4v) is 1.46. The van der Waals surface area contributed by atoms with Crippen molar-refractivity contribution in [2.45, 2.75) is 13.5 Å². The minimum Gasteiger partial charge on any atom is -0.381 e. The van der Waals surface area contributed by atoms with Crippen LogP contribution < -0.4 is 5.32 Å². The largest absolute Gasteiger partial charge is 0.381 e. The summed E-state index contributed by atoms with van der Waals surface area (Å²) in [6, 6.07) is 12.4. The molecule has 0 saturated carbocycles. The predicted molar refractivity (Wildman–Crippen MR) is 62.7 cm³/mol. The maximum absolute atomic E-state index is 4.07. The lowest BCUT2D eigenvalue weighted by atomic mass is 10.2. The zero-order chi connectivity index (χ0) is 10.5. The lowest BCUT2D eigenvalue weighted by Gasteiger charge is -2.06. The van der Waals surface area contributed by atoms with Gasteiger partial charge in [0.2, 0.25) is 0 Å². The third-order valence-corrected chi connectivity index (χ3v) is 2.24. The van der Waals surface area contributed by atoms with Crippen LogP contribution in [0.3, 0.4) is 0 Å². The summed E-state index contributed by atoms with van der Waals surface area (Å²) in [7, 11) is 0. The minimum atomic E-state index is 0.817. The molecule has 1 heterocycles. The number of hydrogen-bond acceptors (Lipinski definition) is 2. The number of nitrogens with one attached hydrogen (secondary N) is 1. The van der Waals surface area contributed by atoms with Crippen LogP contribution in [0.1, 0.15) is 11.1 Å². The summed E-state index contributed by atoms with van der Waals surface area (Å²) < 4.78 is 0. The van der Waals surface area contributed by atoms with Crippen LogP contribution in [0.25, 0.3) is 0 Å². The fourth-order valence-electron chi connectivity index (χ4n) is 1.46. The molecule has 0 aliphatic heterocycles. The van der Waals surface area contributed by atoms with Crippen LogP contribution in [0.15, 0.2) is 48.8 Å². The molecule has 0 aliphatic carbocycles. The molecule has 0 bridgehead atoms. The van der Waals surface area contributed by atoms with E-state index in [2.05, 4.69) is 47.6 Å². The van der Waals surface area contributed by atoms with Crippen LogP contribution in [0.4, 0.5) is 5.69 Å². The Kier molecular flexibility index (Phi) is 2.98. The third kappa shape index (κ3) is 2.81. The summed E-state index contributed by atoms with van der Waals surface area (Å²) in [6.45, 7) is 2.91. The molecule has 2 aromatic rings. The van der Waals surface area contributed by atoms with Gasteiger partial charge in [-0.1, -0.05) is 18.2 Å². The first-order valence-electron chi connectivity index (χ1n) is 5.04. The summed E-state index contributed by atoms with van der Waals surface area (Å²) in [5, 5.41) is 3.36.